The van der Waals surface area contributed by atoms with Gasteiger partial charge in [-0.1, -0.05) is 60.6 Å². The molecule has 0 spiro atoms. The molecule has 0 aromatic heterocycles. The number of hydrogen-bond donors (Lipinski definition) is 0. The molecule has 0 bridgehead atoms. The van der Waals surface area contributed by atoms with Crippen LogP contribution in [-0.4, -0.2) is 6.67 Å². The summed E-state index contributed by atoms with van der Waals surface area (Å²) >= 11 is 0. The van der Waals surface area contributed by atoms with Crippen LogP contribution in [0, 0.1) is 5.41 Å². The van der Waals surface area contributed by atoms with Crippen LogP contribution in [0.1, 0.15) is 75.2 Å². The molecule has 0 nitrogen and oxygen atoms in total. The van der Waals surface area contributed by atoms with Gasteiger partial charge in [-0.25, -0.2) is 0 Å². The van der Waals surface area contributed by atoms with Crippen LogP contribution in [-0.2, 0) is 0 Å². The summed E-state index contributed by atoms with van der Waals surface area (Å²) in [4.78, 5) is 0. The van der Waals surface area contributed by atoms with Crippen molar-refractivity contribution in [3.8, 4) is 0 Å². The molecular weight excluding hydrogens is 199 g/mol. The lowest BCUT2D eigenvalue weighted by Gasteiger charge is -1.93. The molecule has 1 aliphatic carbocycles. The van der Waals surface area contributed by atoms with Gasteiger partial charge in [-0.15, -0.1) is 0 Å². The molecule has 0 unspecified atom stereocenters. The van der Waals surface area contributed by atoms with Crippen LogP contribution in [0.2, 0.25) is 0 Å². The van der Waals surface area contributed by atoms with Gasteiger partial charge in [0, 0.05) is 0 Å². The SMILES string of the molecule is C/C=C/C1(C)CC1.CC.CC.CC.CCF. The minimum absolute atomic E-state index is 0.250. The van der Waals surface area contributed by atoms with Gasteiger partial charge >= 0.3 is 0 Å². The molecule has 1 heteroatoms. The maximum atomic E-state index is 10.3. The first kappa shape index (κ1) is 24.8. The molecule has 0 aliphatic heterocycles. The maximum Gasteiger partial charge on any atom is 0.0866 e. The molecule has 1 saturated carbocycles. The second-order valence-electron chi connectivity index (χ2n) is 2.92. The zero-order chi connectivity index (χ0) is 14.0. The Kier molecular flexibility index (Phi) is 37.3. The van der Waals surface area contributed by atoms with Crippen molar-refractivity contribution >= 4 is 0 Å². The maximum absolute atomic E-state index is 10.3. The standard InChI is InChI=1S/C7H12.C2H5F.3C2H6/c1-3-4-7(2)5-6-7;1-2-3;3*1-2/h3-4H,5-6H2,1-2H3;2H2,1H3;3*1-2H3/b4-3+;;;;. The van der Waals surface area contributed by atoms with Crippen LogP contribution in [0.5, 0.6) is 0 Å². The van der Waals surface area contributed by atoms with Crippen LogP contribution in [0.4, 0.5) is 4.39 Å². The summed E-state index contributed by atoms with van der Waals surface area (Å²) in [5, 5.41) is 0. The first-order chi connectivity index (χ1) is 7.68. The molecule has 0 saturated heterocycles. The molecule has 0 amide bonds. The number of allylic oxidation sites excluding steroid dienone is 2. The molecule has 0 N–H and O–H groups in total. The van der Waals surface area contributed by atoms with Crippen molar-refractivity contribution in [3.63, 3.8) is 0 Å². The highest BCUT2D eigenvalue weighted by Gasteiger charge is 2.33. The highest BCUT2D eigenvalue weighted by molar-refractivity contribution is 5.05. The number of rotatable bonds is 1. The van der Waals surface area contributed by atoms with E-state index in [9.17, 15) is 4.39 Å². The smallest absolute Gasteiger partial charge is 0.0866 e. The summed E-state index contributed by atoms with van der Waals surface area (Å²) < 4.78 is 10.3. The third-order valence-corrected chi connectivity index (χ3v) is 1.61. The van der Waals surface area contributed by atoms with E-state index in [1.165, 1.54) is 19.8 Å². The molecule has 16 heavy (non-hydrogen) atoms. The van der Waals surface area contributed by atoms with Crippen molar-refractivity contribution in [2.75, 3.05) is 6.67 Å². The Bertz CT molecular complexity index is 102. The molecule has 0 atom stereocenters. The van der Waals surface area contributed by atoms with Crippen LogP contribution < -0.4 is 0 Å². The lowest BCUT2D eigenvalue weighted by Crippen LogP contribution is -1.81. The van der Waals surface area contributed by atoms with Crippen molar-refractivity contribution in [2.45, 2.75) is 75.2 Å². The second kappa shape index (κ2) is 24.1. The zero-order valence-electron chi connectivity index (χ0n) is 13.2. The van der Waals surface area contributed by atoms with E-state index < -0.39 is 0 Å². The summed E-state index contributed by atoms with van der Waals surface area (Å²) in [6.07, 6.45) is 7.24. The van der Waals surface area contributed by atoms with E-state index in [2.05, 4.69) is 26.0 Å². The second-order valence-corrected chi connectivity index (χ2v) is 2.92. The summed E-state index contributed by atoms with van der Waals surface area (Å²) in [5.41, 5.74) is 0.620. The van der Waals surface area contributed by atoms with Gasteiger partial charge in [0.05, 0.1) is 6.67 Å². The van der Waals surface area contributed by atoms with Gasteiger partial charge in [-0.05, 0) is 32.1 Å². The topological polar surface area (TPSA) is 0 Å². The fraction of sp³-hybridized carbons (Fsp3) is 0.867. The van der Waals surface area contributed by atoms with E-state index in [0.29, 0.717) is 5.41 Å². The lowest BCUT2D eigenvalue weighted by atomic mass is 10.1. The Balaban J connectivity index is -0.0000000688. The van der Waals surface area contributed by atoms with E-state index in [-0.39, 0.29) is 6.67 Å². The molecule has 0 radical (unpaired) electrons. The monoisotopic (exact) mass is 234 g/mol. The van der Waals surface area contributed by atoms with Gasteiger partial charge in [0.25, 0.3) is 0 Å². The lowest BCUT2D eigenvalue weighted by molar-refractivity contribution is 0.527. The van der Waals surface area contributed by atoms with Gasteiger partial charge in [0.2, 0.25) is 0 Å². The largest absolute Gasteiger partial charge is 0.251 e. The average molecular weight is 234 g/mol. The fourth-order valence-corrected chi connectivity index (χ4v) is 0.766. The quantitative estimate of drug-likeness (QED) is 0.459. The third kappa shape index (κ3) is 29.2. The Morgan fingerprint density at radius 3 is 1.31 bits per heavy atom. The van der Waals surface area contributed by atoms with Crippen LogP contribution in [0.15, 0.2) is 12.2 Å². The summed E-state index contributed by atoms with van der Waals surface area (Å²) in [6.45, 7) is 17.6. The molecule has 1 aliphatic rings. The van der Waals surface area contributed by atoms with Crippen LogP contribution >= 0.6 is 0 Å². The Hall–Kier alpha value is -0.330. The first-order valence-electron chi connectivity index (χ1n) is 6.88. The number of alkyl halides is 1. The van der Waals surface area contributed by atoms with E-state index in [0.717, 1.165) is 0 Å². The molecule has 0 aromatic carbocycles. The van der Waals surface area contributed by atoms with Gasteiger partial charge < -0.3 is 0 Å². The summed E-state index contributed by atoms with van der Waals surface area (Å²) in [7, 11) is 0. The first-order valence-corrected chi connectivity index (χ1v) is 6.88. The molecular formula is C15H35F. The van der Waals surface area contributed by atoms with E-state index >= 15 is 0 Å². The van der Waals surface area contributed by atoms with Gasteiger partial charge in [0.1, 0.15) is 0 Å². The predicted molar refractivity (Wildman–Crippen MR) is 77.8 cm³/mol. The van der Waals surface area contributed by atoms with Crippen molar-refractivity contribution in [3.05, 3.63) is 12.2 Å². The number of hydrogen-bond acceptors (Lipinski definition) is 0. The number of halogens is 1. The molecule has 1 fully saturated rings. The van der Waals surface area contributed by atoms with Crippen molar-refractivity contribution in [2.24, 2.45) is 5.41 Å². The van der Waals surface area contributed by atoms with Crippen molar-refractivity contribution in [1.29, 1.82) is 0 Å². The van der Waals surface area contributed by atoms with Gasteiger partial charge in [-0.2, -0.15) is 0 Å². The van der Waals surface area contributed by atoms with Crippen molar-refractivity contribution < 1.29 is 4.39 Å². The fourth-order valence-electron chi connectivity index (χ4n) is 0.766. The zero-order valence-corrected chi connectivity index (χ0v) is 13.2. The minimum atomic E-state index is -0.250. The minimum Gasteiger partial charge on any atom is -0.251 e. The molecule has 0 aromatic rings. The molecule has 0 heterocycles. The van der Waals surface area contributed by atoms with Crippen molar-refractivity contribution in [1.82, 2.24) is 0 Å². The van der Waals surface area contributed by atoms with Crippen LogP contribution in [0.25, 0.3) is 0 Å². The van der Waals surface area contributed by atoms with E-state index in [1.807, 2.05) is 41.5 Å². The Morgan fingerprint density at radius 2 is 1.25 bits per heavy atom. The van der Waals surface area contributed by atoms with Crippen LogP contribution in [0.3, 0.4) is 0 Å². The highest BCUT2D eigenvalue weighted by Crippen LogP contribution is 2.46. The van der Waals surface area contributed by atoms with Gasteiger partial charge in [0.15, 0.2) is 0 Å². The third-order valence-electron chi connectivity index (χ3n) is 1.61. The predicted octanol–water partition coefficient (Wildman–Crippen LogP) is 6.42. The average Bonchev–Trinajstić information content (AvgIpc) is 3.06. The summed E-state index contributed by atoms with van der Waals surface area (Å²) in [6, 6.07) is 0. The highest BCUT2D eigenvalue weighted by atomic mass is 19.1. The van der Waals surface area contributed by atoms with Gasteiger partial charge in [-0.3, -0.25) is 4.39 Å². The van der Waals surface area contributed by atoms with E-state index in [1.54, 1.807) is 0 Å². The Labute approximate surface area is 104 Å². The normalized spacial score (nSPS) is 13.6. The van der Waals surface area contributed by atoms with E-state index in [4.69, 9.17) is 0 Å². The summed E-state index contributed by atoms with van der Waals surface area (Å²) in [5.74, 6) is 0. The molecule has 1 rings (SSSR count). The molecule has 102 valence electrons. The Morgan fingerprint density at radius 1 is 1.00 bits per heavy atom.